The monoisotopic (exact) mass is 360 g/mol. The van der Waals surface area contributed by atoms with E-state index in [-0.39, 0.29) is 24.2 Å². The van der Waals surface area contributed by atoms with Gasteiger partial charge in [-0.1, -0.05) is 37.8 Å². The van der Waals surface area contributed by atoms with Crippen LogP contribution in [0.25, 0.3) is 0 Å². The quantitative estimate of drug-likeness (QED) is 0.886. The summed E-state index contributed by atoms with van der Waals surface area (Å²) in [7, 11) is 0. The summed E-state index contributed by atoms with van der Waals surface area (Å²) in [4.78, 5) is 24.5. The average Bonchev–Trinajstić information content (AvgIpc) is 2.91. The fourth-order valence-corrected chi connectivity index (χ4v) is 4.16. The van der Waals surface area contributed by atoms with Gasteiger partial charge in [-0.05, 0) is 36.5 Å². The van der Waals surface area contributed by atoms with Crippen LogP contribution in [0.4, 0.5) is 0 Å². The minimum Gasteiger partial charge on any atom is -0.483 e. The van der Waals surface area contributed by atoms with Crippen LogP contribution in [0.3, 0.4) is 0 Å². The van der Waals surface area contributed by atoms with Crippen LogP contribution in [0.15, 0.2) is 12.1 Å². The molecule has 1 aromatic carbocycles. The molecule has 6 heteroatoms. The topological polar surface area (TPSA) is 79.2 Å². The van der Waals surface area contributed by atoms with Gasteiger partial charge in [0.25, 0.3) is 5.91 Å². The number of Topliss-reactive ketones (excluding diaryl/α,β-unsaturated/α-hetero) is 1. The van der Waals surface area contributed by atoms with Gasteiger partial charge in [-0.15, -0.1) is 0 Å². The van der Waals surface area contributed by atoms with Gasteiger partial charge < -0.3 is 10.1 Å². The molecule has 1 unspecified atom stereocenters. The van der Waals surface area contributed by atoms with E-state index in [4.69, 9.17) is 16.3 Å². The number of fused-ring (bicyclic) bond motifs is 1. The highest BCUT2D eigenvalue weighted by Crippen LogP contribution is 2.42. The number of rotatable bonds is 4. The summed E-state index contributed by atoms with van der Waals surface area (Å²) in [6, 6.07) is 5.57. The van der Waals surface area contributed by atoms with Gasteiger partial charge in [0.1, 0.15) is 11.3 Å². The Morgan fingerprint density at radius 3 is 2.80 bits per heavy atom. The van der Waals surface area contributed by atoms with E-state index >= 15 is 0 Å². The highest BCUT2D eigenvalue weighted by Gasteiger charge is 2.34. The van der Waals surface area contributed by atoms with Gasteiger partial charge in [0, 0.05) is 11.4 Å². The highest BCUT2D eigenvalue weighted by molar-refractivity contribution is 6.32. The Morgan fingerprint density at radius 2 is 2.12 bits per heavy atom. The summed E-state index contributed by atoms with van der Waals surface area (Å²) in [5, 5.41) is 12.8. The molecule has 1 atom stereocenters. The summed E-state index contributed by atoms with van der Waals surface area (Å²) in [6.45, 7) is 1.73. The molecule has 0 heterocycles. The van der Waals surface area contributed by atoms with Crippen LogP contribution in [-0.4, -0.2) is 23.8 Å². The minimum absolute atomic E-state index is 0.0128. The van der Waals surface area contributed by atoms with Crippen molar-refractivity contribution in [2.45, 2.75) is 56.9 Å². The number of benzene rings is 1. The van der Waals surface area contributed by atoms with E-state index in [0.29, 0.717) is 35.6 Å². The molecule has 1 aromatic rings. The summed E-state index contributed by atoms with van der Waals surface area (Å²) in [6.07, 6.45) is 4.70. The highest BCUT2D eigenvalue weighted by atomic mass is 35.5. The fraction of sp³-hybridized carbons (Fsp3) is 0.526. The predicted octanol–water partition coefficient (Wildman–Crippen LogP) is 3.75. The molecular weight excluding hydrogens is 340 g/mol. The summed E-state index contributed by atoms with van der Waals surface area (Å²) in [5.74, 6) is 0.0850. The SMILES string of the molecule is CC1CC(=O)c2c(OCC(=O)NC3(C#N)CCCCC3)ccc(Cl)c21. The molecule has 1 saturated carbocycles. The van der Waals surface area contributed by atoms with Crippen molar-refractivity contribution in [2.24, 2.45) is 0 Å². The largest absolute Gasteiger partial charge is 0.483 e. The lowest BCUT2D eigenvalue weighted by Gasteiger charge is -2.31. The minimum atomic E-state index is -0.787. The molecule has 0 aromatic heterocycles. The maximum atomic E-state index is 12.3. The number of halogens is 1. The molecule has 0 bridgehead atoms. The number of ketones is 1. The third-order valence-electron chi connectivity index (χ3n) is 5.08. The Hall–Kier alpha value is -2.06. The van der Waals surface area contributed by atoms with E-state index in [1.54, 1.807) is 12.1 Å². The first-order valence-electron chi connectivity index (χ1n) is 8.66. The fourth-order valence-electron chi connectivity index (χ4n) is 3.81. The number of carbonyl (C=O) groups excluding carboxylic acids is 2. The number of nitrogens with one attached hydrogen (secondary N) is 1. The molecular formula is C19H21ClN2O3. The standard InChI is InChI=1S/C19H21ClN2O3/c1-12-9-14(23)18-15(6-5-13(20)17(12)18)25-10-16(24)22-19(11-21)7-3-2-4-8-19/h5-6,12H,2-4,7-10H2,1H3,(H,22,24). The van der Waals surface area contributed by atoms with E-state index in [9.17, 15) is 14.9 Å². The molecule has 132 valence electrons. The number of carbonyl (C=O) groups is 2. The van der Waals surface area contributed by atoms with Crippen molar-refractivity contribution < 1.29 is 14.3 Å². The van der Waals surface area contributed by atoms with Gasteiger partial charge in [-0.3, -0.25) is 9.59 Å². The summed E-state index contributed by atoms with van der Waals surface area (Å²) >= 11 is 6.21. The summed E-state index contributed by atoms with van der Waals surface area (Å²) < 4.78 is 5.61. The molecule has 0 aliphatic heterocycles. The second kappa shape index (κ2) is 7.05. The number of nitrogens with zero attached hydrogens (tertiary/aromatic N) is 1. The van der Waals surface area contributed by atoms with Gasteiger partial charge in [0.2, 0.25) is 0 Å². The molecule has 1 amide bonds. The van der Waals surface area contributed by atoms with Crippen molar-refractivity contribution in [3.63, 3.8) is 0 Å². The van der Waals surface area contributed by atoms with E-state index in [1.165, 1.54) is 0 Å². The second-order valence-corrected chi connectivity index (χ2v) is 7.36. The normalized spacial score (nSPS) is 21.3. The van der Waals surface area contributed by atoms with Crippen LogP contribution in [0, 0.1) is 11.3 Å². The Kier molecular flexibility index (Phi) is 5.01. The van der Waals surface area contributed by atoms with Gasteiger partial charge in [-0.25, -0.2) is 0 Å². The lowest BCUT2D eigenvalue weighted by molar-refractivity contribution is -0.124. The maximum absolute atomic E-state index is 12.3. The average molecular weight is 361 g/mol. The van der Waals surface area contributed by atoms with Crippen LogP contribution < -0.4 is 10.1 Å². The molecule has 1 fully saturated rings. The van der Waals surface area contributed by atoms with Gasteiger partial charge in [0.15, 0.2) is 12.4 Å². The first kappa shape index (κ1) is 17.8. The molecule has 3 rings (SSSR count). The predicted molar refractivity (Wildman–Crippen MR) is 93.9 cm³/mol. The molecule has 5 nitrogen and oxygen atoms in total. The lowest BCUT2D eigenvalue weighted by Crippen LogP contribution is -2.50. The molecule has 0 saturated heterocycles. The van der Waals surface area contributed by atoms with Gasteiger partial charge in [0.05, 0.1) is 11.6 Å². The second-order valence-electron chi connectivity index (χ2n) is 6.95. The zero-order chi connectivity index (χ0) is 18.0. The van der Waals surface area contributed by atoms with E-state index < -0.39 is 5.54 Å². The van der Waals surface area contributed by atoms with Crippen LogP contribution >= 0.6 is 11.6 Å². The molecule has 25 heavy (non-hydrogen) atoms. The van der Waals surface area contributed by atoms with Crippen molar-refractivity contribution >= 4 is 23.3 Å². The first-order chi connectivity index (χ1) is 12.0. The third kappa shape index (κ3) is 3.50. The molecule has 2 aliphatic carbocycles. The Balaban J connectivity index is 1.69. The van der Waals surface area contributed by atoms with E-state index in [2.05, 4.69) is 11.4 Å². The Morgan fingerprint density at radius 1 is 1.40 bits per heavy atom. The van der Waals surface area contributed by atoms with Crippen LogP contribution in [0.1, 0.15) is 67.3 Å². The zero-order valence-corrected chi connectivity index (χ0v) is 15.0. The van der Waals surface area contributed by atoms with Crippen LogP contribution in [0.2, 0.25) is 5.02 Å². The van der Waals surface area contributed by atoms with Gasteiger partial charge in [-0.2, -0.15) is 5.26 Å². The summed E-state index contributed by atoms with van der Waals surface area (Å²) in [5.41, 5.74) is 0.496. The third-order valence-corrected chi connectivity index (χ3v) is 5.41. The molecule has 1 N–H and O–H groups in total. The number of nitriles is 1. The smallest absolute Gasteiger partial charge is 0.259 e. The van der Waals surface area contributed by atoms with Crippen molar-refractivity contribution in [1.82, 2.24) is 5.32 Å². The number of hydrogen-bond donors (Lipinski definition) is 1. The van der Waals surface area contributed by atoms with E-state index in [1.807, 2.05) is 6.92 Å². The number of ether oxygens (including phenoxy) is 1. The molecule has 0 radical (unpaired) electrons. The van der Waals surface area contributed by atoms with E-state index in [0.717, 1.165) is 24.8 Å². The number of amides is 1. The number of hydrogen-bond acceptors (Lipinski definition) is 4. The maximum Gasteiger partial charge on any atom is 0.259 e. The first-order valence-corrected chi connectivity index (χ1v) is 9.04. The molecule has 2 aliphatic rings. The van der Waals surface area contributed by atoms with Crippen molar-refractivity contribution in [2.75, 3.05) is 6.61 Å². The van der Waals surface area contributed by atoms with Crippen molar-refractivity contribution in [1.29, 1.82) is 5.26 Å². The Labute approximate surface area is 152 Å². The lowest BCUT2D eigenvalue weighted by atomic mass is 9.83. The van der Waals surface area contributed by atoms with Crippen LogP contribution in [-0.2, 0) is 4.79 Å². The zero-order valence-electron chi connectivity index (χ0n) is 14.2. The van der Waals surface area contributed by atoms with Crippen LogP contribution in [0.5, 0.6) is 5.75 Å². The van der Waals surface area contributed by atoms with Crippen molar-refractivity contribution in [3.8, 4) is 11.8 Å². The van der Waals surface area contributed by atoms with Crippen molar-refractivity contribution in [3.05, 3.63) is 28.3 Å². The molecule has 0 spiro atoms. The Bertz CT molecular complexity index is 748. The van der Waals surface area contributed by atoms with Gasteiger partial charge >= 0.3 is 0 Å².